The number of halogens is 3. The molecular formula is C27H22F3N3O2. The van der Waals surface area contributed by atoms with E-state index in [1.807, 2.05) is 12.1 Å². The summed E-state index contributed by atoms with van der Waals surface area (Å²) >= 11 is 0. The molecule has 0 saturated carbocycles. The number of nitrogens with one attached hydrogen (secondary N) is 1. The van der Waals surface area contributed by atoms with Gasteiger partial charge in [-0.2, -0.15) is 0 Å². The van der Waals surface area contributed by atoms with Crippen molar-refractivity contribution in [3.8, 4) is 16.9 Å². The molecule has 0 radical (unpaired) electrons. The highest BCUT2D eigenvalue weighted by Crippen LogP contribution is 2.34. The van der Waals surface area contributed by atoms with E-state index in [0.29, 0.717) is 47.6 Å². The van der Waals surface area contributed by atoms with Gasteiger partial charge in [-0.25, -0.2) is 18.2 Å². The summed E-state index contributed by atoms with van der Waals surface area (Å²) in [4.78, 5) is 21.1. The Kier molecular flexibility index (Phi) is 6.03. The number of H-pyrrole nitrogens is 1. The number of carbonyl (C=O) groups excluding carboxylic acids is 1. The quantitative estimate of drug-likeness (QED) is 0.392. The minimum atomic E-state index is -0.687. The van der Waals surface area contributed by atoms with Gasteiger partial charge in [-0.15, -0.1) is 0 Å². The molecule has 2 aromatic heterocycles. The smallest absolute Gasteiger partial charge is 0.219 e. The highest BCUT2D eigenvalue weighted by Gasteiger charge is 2.18. The summed E-state index contributed by atoms with van der Waals surface area (Å²) < 4.78 is 47.5. The van der Waals surface area contributed by atoms with E-state index < -0.39 is 17.5 Å². The molecule has 1 N–H and O–H groups in total. The first-order chi connectivity index (χ1) is 16.9. The zero-order valence-corrected chi connectivity index (χ0v) is 18.9. The number of nitrogens with zero attached hydrogens (tertiary/aromatic N) is 2. The van der Waals surface area contributed by atoms with Gasteiger partial charge in [0, 0.05) is 48.9 Å². The molecule has 0 saturated heterocycles. The average molecular weight is 477 g/mol. The van der Waals surface area contributed by atoms with E-state index in [2.05, 4.69) is 9.97 Å². The summed E-state index contributed by atoms with van der Waals surface area (Å²) in [5.74, 6) is -1.40. The monoisotopic (exact) mass is 477 g/mol. The van der Waals surface area contributed by atoms with Crippen LogP contribution in [0.1, 0.15) is 24.6 Å². The molecule has 8 heteroatoms. The second kappa shape index (κ2) is 9.29. The zero-order chi connectivity index (χ0) is 24.5. The molecule has 5 rings (SSSR count). The molecule has 4 aromatic rings. The van der Waals surface area contributed by atoms with Gasteiger partial charge in [0.25, 0.3) is 0 Å². The summed E-state index contributed by atoms with van der Waals surface area (Å²) in [6.07, 6.45) is 4.33. The number of hydrogen-bond donors (Lipinski definition) is 1. The van der Waals surface area contributed by atoms with Gasteiger partial charge < -0.3 is 14.6 Å². The number of aromatic amines is 1. The van der Waals surface area contributed by atoms with Crippen LogP contribution in [0.4, 0.5) is 13.2 Å². The van der Waals surface area contributed by atoms with Crippen LogP contribution in [0, 0.1) is 17.5 Å². The second-order valence-electron chi connectivity index (χ2n) is 8.46. The van der Waals surface area contributed by atoms with E-state index in [-0.39, 0.29) is 12.5 Å². The predicted octanol–water partition coefficient (Wildman–Crippen LogP) is 5.86. The highest BCUT2D eigenvalue weighted by atomic mass is 19.1. The Morgan fingerprint density at radius 1 is 1.06 bits per heavy atom. The summed E-state index contributed by atoms with van der Waals surface area (Å²) in [7, 11) is 0. The number of rotatable bonds is 5. The lowest BCUT2D eigenvalue weighted by atomic mass is 10.0. The van der Waals surface area contributed by atoms with Crippen molar-refractivity contribution in [2.24, 2.45) is 0 Å². The summed E-state index contributed by atoms with van der Waals surface area (Å²) in [5.41, 5.74) is 3.87. The van der Waals surface area contributed by atoms with Crippen molar-refractivity contribution < 1.29 is 22.7 Å². The van der Waals surface area contributed by atoms with Gasteiger partial charge in [0.15, 0.2) is 0 Å². The molecular weight excluding hydrogens is 455 g/mol. The third-order valence-electron chi connectivity index (χ3n) is 6.09. The Labute approximate surface area is 199 Å². The first kappa shape index (κ1) is 22.7. The Morgan fingerprint density at radius 2 is 1.86 bits per heavy atom. The highest BCUT2D eigenvalue weighted by molar-refractivity contribution is 5.95. The van der Waals surface area contributed by atoms with Crippen LogP contribution >= 0.6 is 0 Å². The van der Waals surface area contributed by atoms with Crippen LogP contribution in [0.5, 0.6) is 5.75 Å². The Balaban J connectivity index is 1.44. The molecule has 35 heavy (non-hydrogen) atoms. The lowest BCUT2D eigenvalue weighted by Gasteiger charge is -2.24. The first-order valence-electron chi connectivity index (χ1n) is 11.2. The molecule has 1 aliphatic heterocycles. The van der Waals surface area contributed by atoms with Gasteiger partial charge >= 0.3 is 0 Å². The number of amides is 1. The number of ether oxygens (including phenoxy) is 1. The van der Waals surface area contributed by atoms with Crippen molar-refractivity contribution in [2.75, 3.05) is 13.1 Å². The number of carbonyl (C=O) groups is 1. The zero-order valence-electron chi connectivity index (χ0n) is 18.9. The molecule has 0 bridgehead atoms. The Morgan fingerprint density at radius 3 is 2.57 bits per heavy atom. The molecule has 0 fully saturated rings. The topological polar surface area (TPSA) is 58.2 Å². The number of fused-ring (bicyclic) bond motifs is 1. The van der Waals surface area contributed by atoms with Gasteiger partial charge in [-0.05, 0) is 65.6 Å². The van der Waals surface area contributed by atoms with Gasteiger partial charge in [-0.3, -0.25) is 4.79 Å². The normalized spacial score (nSPS) is 13.7. The number of hydrogen-bond acceptors (Lipinski definition) is 3. The van der Waals surface area contributed by atoms with Crippen LogP contribution in [-0.2, 0) is 11.4 Å². The lowest BCUT2D eigenvalue weighted by Crippen LogP contribution is -2.32. The van der Waals surface area contributed by atoms with E-state index in [1.165, 1.54) is 24.3 Å². The number of pyridine rings is 1. The first-order valence-corrected chi connectivity index (χ1v) is 11.2. The maximum atomic E-state index is 14.9. The fraction of sp³-hybridized carbons (Fsp3) is 0.185. The third kappa shape index (κ3) is 4.77. The average Bonchev–Trinajstić information content (AvgIpc) is 3.28. The summed E-state index contributed by atoms with van der Waals surface area (Å²) in [6.45, 7) is 2.68. The van der Waals surface area contributed by atoms with Crippen molar-refractivity contribution in [3.63, 3.8) is 0 Å². The molecule has 3 heterocycles. The molecule has 5 nitrogen and oxygen atoms in total. The van der Waals surface area contributed by atoms with Crippen molar-refractivity contribution in [3.05, 3.63) is 89.5 Å². The molecule has 0 spiro atoms. The van der Waals surface area contributed by atoms with Crippen molar-refractivity contribution in [1.82, 2.24) is 14.9 Å². The summed E-state index contributed by atoms with van der Waals surface area (Å²) in [6, 6.07) is 11.2. The minimum absolute atomic E-state index is 0.0426. The molecule has 2 aromatic carbocycles. The van der Waals surface area contributed by atoms with Crippen molar-refractivity contribution >= 4 is 22.5 Å². The fourth-order valence-corrected chi connectivity index (χ4v) is 4.30. The van der Waals surface area contributed by atoms with Gasteiger partial charge in [0.05, 0.1) is 0 Å². The van der Waals surface area contributed by atoms with Crippen LogP contribution in [0.15, 0.2) is 60.8 Å². The molecule has 0 unspecified atom stereocenters. The maximum absolute atomic E-state index is 14.9. The lowest BCUT2D eigenvalue weighted by molar-refractivity contribution is -0.128. The van der Waals surface area contributed by atoms with E-state index in [4.69, 9.17) is 4.74 Å². The fourth-order valence-electron chi connectivity index (χ4n) is 4.30. The number of benzene rings is 2. The molecule has 178 valence electrons. The predicted molar refractivity (Wildman–Crippen MR) is 127 cm³/mol. The van der Waals surface area contributed by atoms with Crippen LogP contribution in [-0.4, -0.2) is 33.9 Å². The van der Waals surface area contributed by atoms with E-state index in [9.17, 15) is 18.0 Å². The van der Waals surface area contributed by atoms with Gasteiger partial charge in [0.1, 0.15) is 35.5 Å². The molecule has 0 aliphatic carbocycles. The van der Waals surface area contributed by atoms with Crippen LogP contribution in [0.25, 0.3) is 27.7 Å². The van der Waals surface area contributed by atoms with Gasteiger partial charge in [0.2, 0.25) is 5.91 Å². The van der Waals surface area contributed by atoms with Crippen LogP contribution in [0.2, 0.25) is 0 Å². The number of aromatic nitrogens is 2. The largest absolute Gasteiger partial charge is 0.489 e. The Hall–Kier alpha value is -4.07. The Bertz CT molecular complexity index is 1440. The molecule has 0 atom stereocenters. The van der Waals surface area contributed by atoms with Crippen molar-refractivity contribution in [2.45, 2.75) is 20.0 Å². The van der Waals surface area contributed by atoms with Crippen molar-refractivity contribution in [1.29, 1.82) is 0 Å². The second-order valence-corrected chi connectivity index (χ2v) is 8.46. The third-order valence-corrected chi connectivity index (χ3v) is 6.09. The van der Waals surface area contributed by atoms with E-state index >= 15 is 0 Å². The standard InChI is InChI=1S/C27H22F3N3O2/c1-16(34)33-8-5-18(6-9-33)26-14-24-22(4-7-31-27(24)32-26)23-13-21(2-3-25(23)30)35-15-17-10-19(28)12-20(29)11-17/h2-5,7,10-14H,6,8-9,15H2,1H3,(H,31,32). The molecule has 1 amide bonds. The molecule has 1 aliphatic rings. The van der Waals surface area contributed by atoms with E-state index in [0.717, 1.165) is 22.7 Å². The summed E-state index contributed by atoms with van der Waals surface area (Å²) in [5, 5.41) is 0.751. The minimum Gasteiger partial charge on any atom is -0.489 e. The maximum Gasteiger partial charge on any atom is 0.219 e. The van der Waals surface area contributed by atoms with Crippen LogP contribution < -0.4 is 4.74 Å². The SMILES string of the molecule is CC(=O)N1CC=C(c2cc3c(-c4cc(OCc5cc(F)cc(F)c5)ccc4F)ccnc3[nH]2)CC1. The van der Waals surface area contributed by atoms with Gasteiger partial charge in [-0.1, -0.05) is 6.08 Å². The van der Waals surface area contributed by atoms with Crippen LogP contribution in [0.3, 0.4) is 0 Å². The van der Waals surface area contributed by atoms with E-state index in [1.54, 1.807) is 30.2 Å².